The lowest BCUT2D eigenvalue weighted by Gasteiger charge is -2.32. The highest BCUT2D eigenvalue weighted by Gasteiger charge is 2.36. The van der Waals surface area contributed by atoms with E-state index in [9.17, 15) is 9.36 Å². The summed E-state index contributed by atoms with van der Waals surface area (Å²) in [5.41, 5.74) is 0.915. The maximum absolute atomic E-state index is 13.5. The van der Waals surface area contributed by atoms with Crippen LogP contribution < -0.4 is 5.09 Å². The van der Waals surface area contributed by atoms with Crippen LogP contribution in [0.5, 0.6) is 0 Å². The van der Waals surface area contributed by atoms with Crippen LogP contribution in [0.1, 0.15) is 18.9 Å². The number of benzene rings is 1. The molecular weight excluding hydrogens is 398 g/mol. The SMILES string of the molecule is CCCOP(=O)(NC(Cc1ccccc1)C(=O)OC)N(CCCl)CCCl. The number of nitrogens with zero attached hydrogens (tertiary/aromatic N) is 1. The van der Waals surface area contributed by atoms with E-state index in [4.69, 9.17) is 32.5 Å². The summed E-state index contributed by atoms with van der Waals surface area (Å²) in [5, 5.41) is 2.90. The highest BCUT2D eigenvalue weighted by Crippen LogP contribution is 2.47. The van der Waals surface area contributed by atoms with E-state index in [0.717, 1.165) is 5.56 Å². The lowest BCUT2D eigenvalue weighted by atomic mass is 10.1. The third-order valence-corrected chi connectivity index (χ3v) is 6.27. The van der Waals surface area contributed by atoms with Crippen LogP contribution in [0.15, 0.2) is 30.3 Å². The number of methoxy groups -OCH3 is 1. The molecule has 0 saturated carbocycles. The van der Waals surface area contributed by atoms with Crippen molar-refractivity contribution < 1.29 is 18.6 Å². The Morgan fingerprint density at radius 2 is 1.85 bits per heavy atom. The summed E-state index contributed by atoms with van der Waals surface area (Å²) in [7, 11) is -2.22. The number of carbonyl (C=O) groups is 1. The molecule has 1 aromatic rings. The smallest absolute Gasteiger partial charge is 0.344 e. The summed E-state index contributed by atoms with van der Waals surface area (Å²) in [6, 6.07) is 8.62. The number of esters is 1. The topological polar surface area (TPSA) is 67.9 Å². The Morgan fingerprint density at radius 3 is 2.35 bits per heavy atom. The molecule has 0 aliphatic rings. The quantitative estimate of drug-likeness (QED) is 0.296. The fourth-order valence-corrected chi connectivity index (χ4v) is 5.15. The minimum atomic E-state index is -3.53. The second-order valence-corrected chi connectivity index (χ2v) is 8.46. The third-order valence-electron chi connectivity index (χ3n) is 3.62. The van der Waals surface area contributed by atoms with Gasteiger partial charge in [-0.05, 0) is 18.4 Å². The largest absolute Gasteiger partial charge is 0.468 e. The van der Waals surface area contributed by atoms with Crippen LogP contribution in [0.25, 0.3) is 0 Å². The number of nitrogens with one attached hydrogen (secondary N) is 1. The number of hydrogen-bond donors (Lipinski definition) is 1. The molecule has 1 N–H and O–H groups in total. The van der Waals surface area contributed by atoms with E-state index in [2.05, 4.69) is 5.09 Å². The lowest BCUT2D eigenvalue weighted by molar-refractivity contribution is -0.142. The van der Waals surface area contributed by atoms with Gasteiger partial charge in [-0.25, -0.2) is 9.76 Å². The van der Waals surface area contributed by atoms with E-state index < -0.39 is 19.7 Å². The minimum Gasteiger partial charge on any atom is -0.468 e. The van der Waals surface area contributed by atoms with Gasteiger partial charge in [0.1, 0.15) is 6.04 Å². The molecular formula is C17H27Cl2N2O4P. The first-order chi connectivity index (χ1) is 12.5. The van der Waals surface area contributed by atoms with Crippen LogP contribution in [0.3, 0.4) is 0 Å². The van der Waals surface area contributed by atoms with Gasteiger partial charge in [0, 0.05) is 24.8 Å². The number of halogens is 2. The highest BCUT2D eigenvalue weighted by atomic mass is 35.5. The Hall–Kier alpha value is -0.620. The van der Waals surface area contributed by atoms with Crippen LogP contribution >= 0.6 is 30.9 Å². The van der Waals surface area contributed by atoms with Crippen molar-refractivity contribution >= 4 is 36.8 Å². The molecule has 0 aromatic heterocycles. The standard InChI is InChI=1S/C17H27Cl2N2O4P/c1-3-13-25-26(23,21(11-9-18)12-10-19)20-16(17(22)24-2)14-15-7-5-4-6-8-15/h4-8,16H,3,9-14H2,1-2H3,(H,20,23). The first-order valence-corrected chi connectivity index (χ1v) is 11.2. The van der Waals surface area contributed by atoms with Crippen molar-refractivity contribution in [3.8, 4) is 0 Å². The van der Waals surface area contributed by atoms with Gasteiger partial charge in [-0.3, -0.25) is 9.36 Å². The average Bonchev–Trinajstić information content (AvgIpc) is 2.66. The molecule has 9 heteroatoms. The van der Waals surface area contributed by atoms with Crippen molar-refractivity contribution in [2.24, 2.45) is 0 Å². The van der Waals surface area contributed by atoms with Gasteiger partial charge in [-0.1, -0.05) is 37.3 Å². The molecule has 1 aromatic carbocycles. The van der Waals surface area contributed by atoms with E-state index in [-0.39, 0.29) is 18.4 Å². The van der Waals surface area contributed by atoms with Gasteiger partial charge in [0.05, 0.1) is 13.7 Å². The van der Waals surface area contributed by atoms with Gasteiger partial charge in [0.25, 0.3) is 0 Å². The van der Waals surface area contributed by atoms with E-state index in [0.29, 0.717) is 25.9 Å². The predicted molar refractivity (Wildman–Crippen MR) is 106 cm³/mol. The van der Waals surface area contributed by atoms with Crippen molar-refractivity contribution in [3.05, 3.63) is 35.9 Å². The Kier molecular flexibility index (Phi) is 11.4. The molecule has 148 valence electrons. The number of rotatable bonds is 13. The zero-order valence-electron chi connectivity index (χ0n) is 15.2. The van der Waals surface area contributed by atoms with Crippen LogP contribution in [0.2, 0.25) is 0 Å². The number of carbonyl (C=O) groups excluding carboxylic acids is 1. The van der Waals surface area contributed by atoms with Crippen LogP contribution in [0.4, 0.5) is 0 Å². The fraction of sp³-hybridized carbons (Fsp3) is 0.588. The maximum atomic E-state index is 13.5. The van der Waals surface area contributed by atoms with Crippen LogP contribution in [-0.2, 0) is 25.0 Å². The van der Waals surface area contributed by atoms with E-state index in [1.807, 2.05) is 37.3 Å². The first-order valence-electron chi connectivity index (χ1n) is 8.52. The molecule has 2 unspecified atom stereocenters. The summed E-state index contributed by atoms with van der Waals surface area (Å²) in [5.74, 6) is 0.0186. The predicted octanol–water partition coefficient (Wildman–Crippen LogP) is 3.67. The summed E-state index contributed by atoms with van der Waals surface area (Å²) in [6.07, 6.45) is 1.01. The Balaban J connectivity index is 3.07. The highest BCUT2D eigenvalue weighted by molar-refractivity contribution is 7.54. The molecule has 0 amide bonds. The normalized spacial score (nSPS) is 14.8. The van der Waals surface area contributed by atoms with Crippen LogP contribution in [-0.4, -0.2) is 55.2 Å². The van der Waals surface area contributed by atoms with Crippen molar-refractivity contribution in [1.29, 1.82) is 0 Å². The number of alkyl halides is 2. The van der Waals surface area contributed by atoms with Crippen molar-refractivity contribution in [3.63, 3.8) is 0 Å². The molecule has 0 aliphatic carbocycles. The van der Waals surface area contributed by atoms with Gasteiger partial charge < -0.3 is 9.26 Å². The molecule has 0 aliphatic heterocycles. The maximum Gasteiger partial charge on any atom is 0.344 e. The average molecular weight is 425 g/mol. The van der Waals surface area contributed by atoms with E-state index in [1.165, 1.54) is 7.11 Å². The Morgan fingerprint density at radius 1 is 1.23 bits per heavy atom. The minimum absolute atomic E-state index is 0.264. The molecule has 0 saturated heterocycles. The molecule has 0 heterocycles. The fourth-order valence-electron chi connectivity index (χ4n) is 2.36. The molecule has 26 heavy (non-hydrogen) atoms. The van der Waals surface area contributed by atoms with Gasteiger partial charge in [0.2, 0.25) is 0 Å². The summed E-state index contributed by atoms with van der Waals surface area (Å²) in [6.45, 7) is 2.84. The summed E-state index contributed by atoms with van der Waals surface area (Å²) < 4.78 is 25.7. The van der Waals surface area contributed by atoms with E-state index >= 15 is 0 Å². The van der Waals surface area contributed by atoms with Crippen molar-refractivity contribution in [2.75, 3.05) is 38.6 Å². The van der Waals surface area contributed by atoms with Gasteiger partial charge in [0.15, 0.2) is 0 Å². The van der Waals surface area contributed by atoms with Gasteiger partial charge in [-0.15, -0.1) is 23.2 Å². The number of hydrogen-bond acceptors (Lipinski definition) is 4. The molecule has 0 radical (unpaired) electrons. The van der Waals surface area contributed by atoms with Crippen LogP contribution in [0, 0.1) is 0 Å². The summed E-state index contributed by atoms with van der Waals surface area (Å²) >= 11 is 11.7. The molecule has 6 nitrogen and oxygen atoms in total. The summed E-state index contributed by atoms with van der Waals surface area (Å²) in [4.78, 5) is 12.3. The molecule has 0 spiro atoms. The zero-order chi connectivity index (χ0) is 19.4. The Labute approximate surface area is 165 Å². The lowest BCUT2D eigenvalue weighted by Crippen LogP contribution is -2.43. The molecule has 0 fully saturated rings. The first kappa shape index (κ1) is 23.4. The van der Waals surface area contributed by atoms with Crippen molar-refractivity contribution in [1.82, 2.24) is 9.76 Å². The second-order valence-electron chi connectivity index (χ2n) is 5.58. The molecule has 2 atom stereocenters. The Bertz CT molecular complexity index is 571. The molecule has 1 rings (SSSR count). The van der Waals surface area contributed by atoms with Crippen molar-refractivity contribution in [2.45, 2.75) is 25.8 Å². The van der Waals surface area contributed by atoms with Gasteiger partial charge >= 0.3 is 13.6 Å². The third kappa shape index (κ3) is 7.55. The zero-order valence-corrected chi connectivity index (χ0v) is 17.6. The number of ether oxygens (including phenoxy) is 1. The second kappa shape index (κ2) is 12.7. The molecule has 0 bridgehead atoms. The monoisotopic (exact) mass is 424 g/mol. The van der Waals surface area contributed by atoms with Gasteiger partial charge in [-0.2, -0.15) is 0 Å². The van der Waals surface area contributed by atoms with E-state index in [1.54, 1.807) is 4.67 Å².